The van der Waals surface area contributed by atoms with E-state index in [4.69, 9.17) is 0 Å². The number of benzene rings is 1. The van der Waals surface area contributed by atoms with E-state index < -0.39 is 24.6 Å². The second-order valence-electron chi connectivity index (χ2n) is 5.24. The van der Waals surface area contributed by atoms with Gasteiger partial charge < -0.3 is 9.47 Å². The van der Waals surface area contributed by atoms with Crippen molar-refractivity contribution in [2.75, 3.05) is 0 Å². The first kappa shape index (κ1) is 18.5. The van der Waals surface area contributed by atoms with Crippen molar-refractivity contribution in [3.05, 3.63) is 54.7 Å². The van der Waals surface area contributed by atoms with Crippen LogP contribution in [0.5, 0.6) is 11.6 Å². The van der Waals surface area contributed by atoms with Crippen LogP contribution in [-0.4, -0.2) is 32.7 Å². The Morgan fingerprint density at radius 3 is 2.63 bits per heavy atom. The van der Waals surface area contributed by atoms with E-state index in [1.165, 1.54) is 41.7 Å². The molecule has 0 saturated carbocycles. The van der Waals surface area contributed by atoms with Gasteiger partial charge in [-0.25, -0.2) is 14.6 Å². The topological polar surface area (TPSA) is 62.1 Å². The normalized spacial score (nSPS) is 11.6. The molecular formula is C16H11F5N4O2. The van der Waals surface area contributed by atoms with Crippen LogP contribution in [-0.2, 0) is 6.54 Å². The van der Waals surface area contributed by atoms with Crippen molar-refractivity contribution in [2.45, 2.75) is 19.5 Å². The van der Waals surface area contributed by atoms with Gasteiger partial charge in [-0.1, -0.05) is 12.1 Å². The van der Waals surface area contributed by atoms with Gasteiger partial charge in [-0.3, -0.25) is 0 Å². The minimum atomic E-state index is -4.88. The van der Waals surface area contributed by atoms with Crippen LogP contribution in [0.4, 0.5) is 22.0 Å². The Kier molecular flexibility index (Phi) is 5.19. The van der Waals surface area contributed by atoms with Gasteiger partial charge in [-0.15, -0.1) is 13.2 Å². The molecule has 0 amide bonds. The Morgan fingerprint density at radius 1 is 1.15 bits per heavy atom. The quantitative estimate of drug-likeness (QED) is 0.602. The number of hydrogen-bond acceptors (Lipinski definition) is 5. The fourth-order valence-corrected chi connectivity index (χ4v) is 2.33. The van der Waals surface area contributed by atoms with Crippen LogP contribution in [0.15, 0.2) is 49.2 Å². The van der Waals surface area contributed by atoms with Crippen molar-refractivity contribution in [3.8, 4) is 22.8 Å². The van der Waals surface area contributed by atoms with E-state index >= 15 is 0 Å². The minimum absolute atomic E-state index is 0.0838. The molecule has 0 N–H and O–H groups in total. The Hall–Kier alpha value is -3.24. The molecule has 3 rings (SSSR count). The Morgan fingerprint density at radius 2 is 1.96 bits per heavy atom. The fraction of sp³-hybridized carbons (Fsp3) is 0.188. The maximum Gasteiger partial charge on any atom is 0.573 e. The Balaban J connectivity index is 1.99. The molecule has 6 nitrogen and oxygen atoms in total. The van der Waals surface area contributed by atoms with Crippen LogP contribution in [0.1, 0.15) is 5.56 Å². The summed E-state index contributed by atoms with van der Waals surface area (Å²) in [6, 6.07) is 6.35. The summed E-state index contributed by atoms with van der Waals surface area (Å²) in [6.07, 6.45) is -0.811. The van der Waals surface area contributed by atoms with E-state index in [0.717, 1.165) is 12.1 Å². The maximum atomic E-state index is 12.7. The molecule has 142 valence electrons. The standard InChI is InChI=1S/C16H11F5N4O2/c17-15(18)26-14-13(4-10(6-23-14)7-25-9-22-8-24-25)11-2-1-3-12(5-11)27-16(19,20)21/h1-6,8-9,15H,7H2. The molecule has 0 radical (unpaired) electrons. The van der Waals surface area contributed by atoms with Gasteiger partial charge in [0.2, 0.25) is 5.88 Å². The molecule has 2 heterocycles. The summed E-state index contributed by atoms with van der Waals surface area (Å²) in [5.41, 5.74) is 0.806. The summed E-state index contributed by atoms with van der Waals surface area (Å²) in [5, 5.41) is 3.92. The van der Waals surface area contributed by atoms with Gasteiger partial charge in [-0.05, 0) is 29.3 Å². The van der Waals surface area contributed by atoms with Gasteiger partial charge in [0, 0.05) is 11.8 Å². The monoisotopic (exact) mass is 386 g/mol. The average Bonchev–Trinajstić information content (AvgIpc) is 3.07. The lowest BCUT2D eigenvalue weighted by molar-refractivity contribution is -0.274. The summed E-state index contributed by atoms with van der Waals surface area (Å²) in [7, 11) is 0. The average molecular weight is 386 g/mol. The van der Waals surface area contributed by atoms with E-state index in [9.17, 15) is 22.0 Å². The van der Waals surface area contributed by atoms with Crippen LogP contribution >= 0.6 is 0 Å². The van der Waals surface area contributed by atoms with E-state index in [1.807, 2.05) is 0 Å². The van der Waals surface area contributed by atoms with Crippen LogP contribution in [0.25, 0.3) is 11.1 Å². The molecule has 1 aromatic carbocycles. The number of aromatic nitrogens is 4. The lowest BCUT2D eigenvalue weighted by Gasteiger charge is -2.13. The molecule has 0 aliphatic carbocycles. The largest absolute Gasteiger partial charge is 0.573 e. The molecule has 0 spiro atoms. The van der Waals surface area contributed by atoms with Crippen LogP contribution < -0.4 is 9.47 Å². The van der Waals surface area contributed by atoms with Crippen molar-refractivity contribution in [3.63, 3.8) is 0 Å². The lowest BCUT2D eigenvalue weighted by Crippen LogP contribution is -2.17. The number of alkyl halides is 5. The molecule has 0 bridgehead atoms. The zero-order valence-corrected chi connectivity index (χ0v) is 13.4. The molecule has 27 heavy (non-hydrogen) atoms. The van der Waals surface area contributed by atoms with E-state index in [2.05, 4.69) is 24.5 Å². The molecule has 0 aliphatic heterocycles. The third-order valence-corrected chi connectivity index (χ3v) is 3.30. The maximum absolute atomic E-state index is 12.7. The summed E-state index contributed by atoms with van der Waals surface area (Å²) in [5.74, 6) is -0.916. The van der Waals surface area contributed by atoms with Gasteiger partial charge in [0.15, 0.2) is 0 Å². The third kappa shape index (κ3) is 5.12. The first-order valence-electron chi connectivity index (χ1n) is 7.42. The van der Waals surface area contributed by atoms with Crippen LogP contribution in [0.3, 0.4) is 0 Å². The molecule has 11 heteroatoms. The van der Waals surface area contributed by atoms with Crippen LogP contribution in [0, 0.1) is 0 Å². The highest BCUT2D eigenvalue weighted by Crippen LogP contribution is 2.33. The number of halogens is 5. The Labute approximate surface area is 149 Å². The predicted molar refractivity (Wildman–Crippen MR) is 82.1 cm³/mol. The SMILES string of the molecule is FC(F)Oc1ncc(Cn2cncn2)cc1-c1cccc(OC(F)(F)F)c1. The van der Waals surface area contributed by atoms with Crippen LogP contribution in [0.2, 0.25) is 0 Å². The number of hydrogen-bond donors (Lipinski definition) is 0. The summed E-state index contributed by atoms with van der Waals surface area (Å²) < 4.78 is 72.3. The van der Waals surface area contributed by atoms with Gasteiger partial charge in [-0.2, -0.15) is 13.9 Å². The van der Waals surface area contributed by atoms with Gasteiger partial charge in [0.05, 0.1) is 6.54 Å². The van der Waals surface area contributed by atoms with Gasteiger partial charge in [0.1, 0.15) is 18.4 Å². The number of pyridine rings is 1. The van der Waals surface area contributed by atoms with Gasteiger partial charge >= 0.3 is 13.0 Å². The second kappa shape index (κ2) is 7.56. The summed E-state index contributed by atoms with van der Waals surface area (Å²) in [4.78, 5) is 7.64. The number of rotatable bonds is 6. The highest BCUT2D eigenvalue weighted by molar-refractivity contribution is 5.70. The second-order valence-corrected chi connectivity index (χ2v) is 5.24. The zero-order chi connectivity index (χ0) is 19.4. The van der Waals surface area contributed by atoms with Gasteiger partial charge in [0.25, 0.3) is 0 Å². The smallest absolute Gasteiger partial charge is 0.416 e. The molecular weight excluding hydrogens is 375 g/mol. The zero-order valence-electron chi connectivity index (χ0n) is 13.4. The predicted octanol–water partition coefficient (Wildman–Crippen LogP) is 3.89. The molecule has 0 unspecified atom stereocenters. The molecule has 3 aromatic rings. The van der Waals surface area contributed by atoms with Crippen molar-refractivity contribution in [1.82, 2.24) is 19.7 Å². The molecule has 0 fully saturated rings. The van der Waals surface area contributed by atoms with Crippen molar-refractivity contribution < 1.29 is 31.4 Å². The molecule has 0 aliphatic rings. The molecule has 0 atom stereocenters. The number of ether oxygens (including phenoxy) is 2. The van der Waals surface area contributed by atoms with Crippen molar-refractivity contribution >= 4 is 0 Å². The van der Waals surface area contributed by atoms with Crippen molar-refractivity contribution in [1.29, 1.82) is 0 Å². The molecule has 0 saturated heterocycles. The summed E-state index contributed by atoms with van der Waals surface area (Å²) in [6.45, 7) is -2.92. The lowest BCUT2D eigenvalue weighted by atomic mass is 10.0. The summed E-state index contributed by atoms with van der Waals surface area (Å²) >= 11 is 0. The van der Waals surface area contributed by atoms with Crippen molar-refractivity contribution in [2.24, 2.45) is 0 Å². The highest BCUT2D eigenvalue weighted by atomic mass is 19.4. The molecule has 2 aromatic heterocycles. The first-order valence-corrected chi connectivity index (χ1v) is 7.42. The fourth-order valence-electron chi connectivity index (χ4n) is 2.33. The highest BCUT2D eigenvalue weighted by Gasteiger charge is 2.31. The van der Waals surface area contributed by atoms with E-state index in [1.54, 1.807) is 0 Å². The third-order valence-electron chi connectivity index (χ3n) is 3.30. The first-order chi connectivity index (χ1) is 12.8. The number of nitrogens with zero attached hydrogens (tertiary/aromatic N) is 4. The van der Waals surface area contributed by atoms with E-state index in [0.29, 0.717) is 5.56 Å². The van der Waals surface area contributed by atoms with E-state index in [-0.39, 0.29) is 17.7 Å². The minimum Gasteiger partial charge on any atom is -0.416 e. The Bertz CT molecular complexity index is 900.